The van der Waals surface area contributed by atoms with Gasteiger partial charge in [0.05, 0.1) is 5.02 Å². The Hall–Kier alpha value is -0.270. The van der Waals surface area contributed by atoms with Gasteiger partial charge in [0.25, 0.3) is 0 Å². The Morgan fingerprint density at radius 3 is 2.64 bits per heavy atom. The van der Waals surface area contributed by atoms with Gasteiger partial charge in [0.15, 0.2) is 0 Å². The number of rotatable bonds is 1. The highest BCUT2D eigenvalue weighted by atomic mass is 79.9. The van der Waals surface area contributed by atoms with E-state index in [0.29, 0.717) is 0 Å². The summed E-state index contributed by atoms with van der Waals surface area (Å²) in [6.07, 6.45) is 1.75. The van der Waals surface area contributed by atoms with Gasteiger partial charge in [0.1, 0.15) is 0 Å². The van der Waals surface area contributed by atoms with Crippen molar-refractivity contribution in [3.8, 4) is 0 Å². The fraction of sp³-hybridized carbons (Fsp3) is 0.111. The van der Waals surface area contributed by atoms with Crippen molar-refractivity contribution in [1.29, 1.82) is 0 Å². The maximum absolute atomic E-state index is 6.00. The Kier molecular flexibility index (Phi) is 2.74. The molecule has 1 rings (SSSR count). The molecule has 1 aromatic rings. The SMILES string of the molecule is C=Cc1c(Br)ccc(C)c1Cl. The smallest absolute Gasteiger partial charge is 0.0518 e. The zero-order valence-electron chi connectivity index (χ0n) is 6.20. The van der Waals surface area contributed by atoms with Crippen LogP contribution in [-0.4, -0.2) is 0 Å². The number of aryl methyl sites for hydroxylation is 1. The first kappa shape index (κ1) is 8.82. The maximum atomic E-state index is 6.00. The van der Waals surface area contributed by atoms with Crippen molar-refractivity contribution in [3.05, 3.63) is 39.3 Å². The standard InChI is InChI=1S/C9H8BrCl/c1-3-7-8(10)5-4-6(2)9(7)11/h3-5H,1H2,2H3. The lowest BCUT2D eigenvalue weighted by molar-refractivity contribution is 1.44. The molecule has 0 fully saturated rings. The summed E-state index contributed by atoms with van der Waals surface area (Å²) in [7, 11) is 0. The Bertz CT molecular complexity index is 292. The zero-order chi connectivity index (χ0) is 8.43. The quantitative estimate of drug-likeness (QED) is 0.684. The Labute approximate surface area is 80.0 Å². The van der Waals surface area contributed by atoms with Crippen LogP contribution in [0.1, 0.15) is 11.1 Å². The Morgan fingerprint density at radius 2 is 2.18 bits per heavy atom. The van der Waals surface area contributed by atoms with Crippen LogP contribution in [0.4, 0.5) is 0 Å². The molecule has 0 amide bonds. The lowest BCUT2D eigenvalue weighted by Gasteiger charge is -2.03. The highest BCUT2D eigenvalue weighted by Crippen LogP contribution is 2.28. The summed E-state index contributed by atoms with van der Waals surface area (Å²) in [5.41, 5.74) is 2.04. The first-order valence-electron chi connectivity index (χ1n) is 3.24. The van der Waals surface area contributed by atoms with Gasteiger partial charge in [-0.3, -0.25) is 0 Å². The molecule has 0 nitrogen and oxygen atoms in total. The van der Waals surface area contributed by atoms with E-state index in [1.54, 1.807) is 6.08 Å². The van der Waals surface area contributed by atoms with E-state index < -0.39 is 0 Å². The number of hydrogen-bond donors (Lipinski definition) is 0. The third-order valence-electron chi connectivity index (χ3n) is 1.52. The van der Waals surface area contributed by atoms with Gasteiger partial charge in [0.2, 0.25) is 0 Å². The van der Waals surface area contributed by atoms with E-state index in [1.807, 2.05) is 19.1 Å². The molecule has 0 aromatic heterocycles. The van der Waals surface area contributed by atoms with Crippen molar-refractivity contribution in [2.45, 2.75) is 6.92 Å². The second-order valence-electron chi connectivity index (χ2n) is 2.30. The molecule has 0 aliphatic carbocycles. The van der Waals surface area contributed by atoms with E-state index in [4.69, 9.17) is 11.6 Å². The Balaban J connectivity index is 3.40. The lowest BCUT2D eigenvalue weighted by Crippen LogP contribution is -1.81. The van der Waals surface area contributed by atoms with Crippen molar-refractivity contribution in [2.24, 2.45) is 0 Å². The van der Waals surface area contributed by atoms with Crippen LogP contribution >= 0.6 is 27.5 Å². The average Bonchev–Trinajstić information content (AvgIpc) is 1.99. The monoisotopic (exact) mass is 230 g/mol. The molecule has 0 bridgehead atoms. The first-order valence-corrected chi connectivity index (χ1v) is 4.41. The van der Waals surface area contributed by atoms with Gasteiger partial charge >= 0.3 is 0 Å². The van der Waals surface area contributed by atoms with Crippen LogP contribution < -0.4 is 0 Å². The second kappa shape index (κ2) is 3.42. The molecule has 0 atom stereocenters. The number of hydrogen-bond acceptors (Lipinski definition) is 0. The van der Waals surface area contributed by atoms with E-state index in [9.17, 15) is 0 Å². The molecule has 0 radical (unpaired) electrons. The van der Waals surface area contributed by atoms with E-state index in [-0.39, 0.29) is 0 Å². The van der Waals surface area contributed by atoms with Crippen molar-refractivity contribution >= 4 is 33.6 Å². The molecule has 0 aliphatic rings. The van der Waals surface area contributed by atoms with Crippen LogP contribution in [0, 0.1) is 6.92 Å². The van der Waals surface area contributed by atoms with Crippen LogP contribution in [0.3, 0.4) is 0 Å². The van der Waals surface area contributed by atoms with E-state index >= 15 is 0 Å². The van der Waals surface area contributed by atoms with Crippen LogP contribution in [0.2, 0.25) is 5.02 Å². The molecule has 11 heavy (non-hydrogen) atoms. The van der Waals surface area contributed by atoms with Gasteiger partial charge in [-0.05, 0) is 18.6 Å². The molecule has 58 valence electrons. The van der Waals surface area contributed by atoms with E-state index in [1.165, 1.54) is 0 Å². The predicted molar refractivity (Wildman–Crippen MR) is 54.0 cm³/mol. The maximum Gasteiger partial charge on any atom is 0.0518 e. The van der Waals surface area contributed by atoms with Crippen molar-refractivity contribution in [1.82, 2.24) is 0 Å². The summed E-state index contributed by atoms with van der Waals surface area (Å²) in [5, 5.41) is 0.773. The highest BCUT2D eigenvalue weighted by molar-refractivity contribution is 9.10. The minimum absolute atomic E-state index is 0.773. The Morgan fingerprint density at radius 1 is 1.55 bits per heavy atom. The summed E-state index contributed by atoms with van der Waals surface area (Å²) >= 11 is 9.38. The molecular formula is C9H8BrCl. The van der Waals surface area contributed by atoms with Gasteiger partial charge in [-0.2, -0.15) is 0 Å². The fourth-order valence-corrected chi connectivity index (χ4v) is 1.71. The summed E-state index contributed by atoms with van der Waals surface area (Å²) in [4.78, 5) is 0. The molecule has 0 unspecified atom stereocenters. The topological polar surface area (TPSA) is 0 Å². The van der Waals surface area contributed by atoms with Crippen LogP contribution in [0.25, 0.3) is 6.08 Å². The molecule has 1 aromatic carbocycles. The van der Waals surface area contributed by atoms with Crippen molar-refractivity contribution in [3.63, 3.8) is 0 Å². The van der Waals surface area contributed by atoms with Gasteiger partial charge in [-0.15, -0.1) is 0 Å². The summed E-state index contributed by atoms with van der Waals surface area (Å²) in [6.45, 7) is 5.65. The number of benzene rings is 1. The minimum atomic E-state index is 0.773. The summed E-state index contributed by atoms with van der Waals surface area (Å²) < 4.78 is 0.989. The fourth-order valence-electron chi connectivity index (χ4n) is 0.865. The minimum Gasteiger partial charge on any atom is -0.0984 e. The number of halogens is 2. The first-order chi connectivity index (χ1) is 5.16. The second-order valence-corrected chi connectivity index (χ2v) is 3.53. The molecule has 0 spiro atoms. The van der Waals surface area contributed by atoms with Crippen LogP contribution in [-0.2, 0) is 0 Å². The normalized spacial score (nSPS) is 9.73. The van der Waals surface area contributed by atoms with Gasteiger partial charge in [0, 0.05) is 10.0 Å². The highest BCUT2D eigenvalue weighted by Gasteiger charge is 2.02. The van der Waals surface area contributed by atoms with Gasteiger partial charge < -0.3 is 0 Å². The summed E-state index contributed by atoms with van der Waals surface area (Å²) in [6, 6.07) is 3.94. The largest absolute Gasteiger partial charge is 0.0984 e. The van der Waals surface area contributed by atoms with Gasteiger partial charge in [-0.25, -0.2) is 0 Å². The third-order valence-corrected chi connectivity index (χ3v) is 2.72. The predicted octanol–water partition coefficient (Wildman–Crippen LogP) is 4.05. The molecule has 0 saturated heterocycles. The van der Waals surface area contributed by atoms with Crippen molar-refractivity contribution < 1.29 is 0 Å². The molecule has 0 aliphatic heterocycles. The molecule has 0 N–H and O–H groups in total. The van der Waals surface area contributed by atoms with Crippen LogP contribution in [0.15, 0.2) is 23.2 Å². The van der Waals surface area contributed by atoms with Crippen LogP contribution in [0.5, 0.6) is 0 Å². The molecule has 0 saturated carbocycles. The summed E-state index contributed by atoms with van der Waals surface area (Å²) in [5.74, 6) is 0. The van der Waals surface area contributed by atoms with E-state index in [2.05, 4.69) is 22.5 Å². The molecular weight excluding hydrogens is 223 g/mol. The zero-order valence-corrected chi connectivity index (χ0v) is 8.54. The van der Waals surface area contributed by atoms with Gasteiger partial charge in [-0.1, -0.05) is 46.3 Å². The van der Waals surface area contributed by atoms with E-state index in [0.717, 1.165) is 20.6 Å². The molecule has 0 heterocycles. The molecule has 2 heteroatoms. The van der Waals surface area contributed by atoms with Crippen molar-refractivity contribution in [2.75, 3.05) is 0 Å². The average molecular weight is 232 g/mol. The third kappa shape index (κ3) is 1.66. The lowest BCUT2D eigenvalue weighted by atomic mass is 10.1.